The van der Waals surface area contributed by atoms with Gasteiger partial charge in [0.1, 0.15) is 17.9 Å². The van der Waals surface area contributed by atoms with Crippen LogP contribution in [0.5, 0.6) is 5.75 Å². The maximum Gasteiger partial charge on any atom is 0.407 e. The van der Waals surface area contributed by atoms with Crippen LogP contribution in [-0.4, -0.2) is 54.1 Å². The van der Waals surface area contributed by atoms with Gasteiger partial charge in [0.2, 0.25) is 0 Å². The van der Waals surface area contributed by atoms with Gasteiger partial charge in [-0.3, -0.25) is 5.10 Å². The van der Waals surface area contributed by atoms with Crippen LogP contribution in [0, 0.1) is 11.3 Å². The third-order valence-electron chi connectivity index (χ3n) is 4.64. The Balaban J connectivity index is 0.00000280. The van der Waals surface area contributed by atoms with Crippen LogP contribution in [-0.2, 0) is 17.6 Å². The second-order valence-electron chi connectivity index (χ2n) is 6.40. The van der Waals surface area contributed by atoms with Crippen LogP contribution in [0.4, 0.5) is 4.79 Å². The molecule has 28 heavy (non-hydrogen) atoms. The number of aromatic amines is 1. The molecule has 150 valence electrons. The zero-order valence-corrected chi connectivity index (χ0v) is 15.7. The van der Waals surface area contributed by atoms with Crippen LogP contribution in [0.2, 0.25) is 0 Å². The molecule has 2 aromatic rings. The first-order valence-corrected chi connectivity index (χ1v) is 8.92. The second-order valence-corrected chi connectivity index (χ2v) is 6.40. The van der Waals surface area contributed by atoms with Crippen LogP contribution in [0.1, 0.15) is 23.2 Å². The van der Waals surface area contributed by atoms with Gasteiger partial charge >= 0.3 is 6.09 Å². The summed E-state index contributed by atoms with van der Waals surface area (Å²) in [7, 11) is 1.64. The van der Waals surface area contributed by atoms with Crippen molar-refractivity contribution in [3.05, 3.63) is 47.3 Å². The van der Waals surface area contributed by atoms with Gasteiger partial charge in [-0.1, -0.05) is 12.1 Å². The first-order chi connectivity index (χ1) is 13.2. The van der Waals surface area contributed by atoms with Crippen LogP contribution < -0.4 is 15.4 Å². The van der Waals surface area contributed by atoms with E-state index in [2.05, 4.69) is 26.9 Å². The molecule has 0 bridgehead atoms. The van der Waals surface area contributed by atoms with Gasteiger partial charge in [-0.25, -0.2) is 4.79 Å². The van der Waals surface area contributed by atoms with Crippen molar-refractivity contribution in [2.75, 3.05) is 20.2 Å². The van der Waals surface area contributed by atoms with Gasteiger partial charge in [0.15, 0.2) is 0 Å². The van der Waals surface area contributed by atoms with Gasteiger partial charge in [-0.05, 0) is 37.1 Å². The van der Waals surface area contributed by atoms with Gasteiger partial charge in [-0.15, -0.1) is 0 Å². The fourth-order valence-electron chi connectivity index (χ4n) is 3.17. The number of H-pyrrole nitrogens is 1. The molecule has 0 spiro atoms. The molecule has 1 fully saturated rings. The molecule has 2 atom stereocenters. The summed E-state index contributed by atoms with van der Waals surface area (Å²) < 4.78 is 10.8. The first-order valence-electron chi connectivity index (χ1n) is 8.92. The summed E-state index contributed by atoms with van der Waals surface area (Å²) in [5.41, 5.74) is 2.36. The Morgan fingerprint density at radius 1 is 1.39 bits per heavy atom. The van der Waals surface area contributed by atoms with E-state index in [0.717, 1.165) is 30.7 Å². The number of nitriles is 1. The van der Waals surface area contributed by atoms with E-state index in [1.807, 2.05) is 24.3 Å². The van der Waals surface area contributed by atoms with Gasteiger partial charge in [-0.2, -0.15) is 10.4 Å². The van der Waals surface area contributed by atoms with Crippen molar-refractivity contribution >= 4 is 6.09 Å². The molecule has 9 heteroatoms. The average Bonchev–Trinajstić information content (AvgIpc) is 3.31. The number of nitrogens with one attached hydrogen (secondary N) is 3. The molecule has 1 aliphatic heterocycles. The number of rotatable bonds is 7. The van der Waals surface area contributed by atoms with Gasteiger partial charge in [0, 0.05) is 19.0 Å². The molecule has 0 radical (unpaired) electrons. The van der Waals surface area contributed by atoms with E-state index in [1.54, 1.807) is 7.11 Å². The molecule has 3 rings (SSSR count). The van der Waals surface area contributed by atoms with Crippen molar-refractivity contribution in [1.29, 1.82) is 5.26 Å². The fraction of sp³-hybridized carbons (Fsp3) is 0.421. The highest BCUT2D eigenvalue weighted by Crippen LogP contribution is 2.18. The van der Waals surface area contributed by atoms with Crippen LogP contribution in [0.15, 0.2) is 30.5 Å². The predicted molar refractivity (Wildman–Crippen MR) is 102 cm³/mol. The van der Waals surface area contributed by atoms with E-state index in [0.29, 0.717) is 24.2 Å². The lowest BCUT2D eigenvalue weighted by atomic mass is 10.0. The number of ether oxygens (including phenoxy) is 2. The lowest BCUT2D eigenvalue weighted by Crippen LogP contribution is -2.38. The number of nitrogens with zero attached hydrogens (tertiary/aromatic N) is 2. The fourth-order valence-corrected chi connectivity index (χ4v) is 3.17. The number of amides is 1. The molecule has 0 aliphatic carbocycles. The van der Waals surface area contributed by atoms with E-state index in [4.69, 9.17) is 14.7 Å². The number of methoxy groups -OCH3 is 1. The third-order valence-corrected chi connectivity index (χ3v) is 4.64. The van der Waals surface area contributed by atoms with Crippen molar-refractivity contribution in [3.8, 4) is 11.8 Å². The summed E-state index contributed by atoms with van der Waals surface area (Å²) in [5.74, 6) is 0.821. The van der Waals surface area contributed by atoms with E-state index < -0.39 is 6.09 Å². The summed E-state index contributed by atoms with van der Waals surface area (Å²) in [6, 6.07) is 10.0. The summed E-state index contributed by atoms with van der Waals surface area (Å²) in [6.07, 6.45) is 2.92. The SMILES string of the molecule is COc1ccc(CC2NCCC2OC(=O)NCCc2[nH]ncc2C#N)cc1.O. The number of aromatic nitrogens is 2. The molecular weight excluding hydrogens is 362 g/mol. The minimum Gasteiger partial charge on any atom is -0.497 e. The highest BCUT2D eigenvalue weighted by atomic mass is 16.6. The highest BCUT2D eigenvalue weighted by molar-refractivity contribution is 5.67. The Morgan fingerprint density at radius 2 is 2.18 bits per heavy atom. The smallest absolute Gasteiger partial charge is 0.407 e. The number of hydrogen-bond donors (Lipinski definition) is 3. The lowest BCUT2D eigenvalue weighted by Gasteiger charge is -2.20. The minimum atomic E-state index is -0.443. The molecule has 2 unspecified atom stereocenters. The predicted octanol–water partition coefficient (Wildman–Crippen LogP) is 0.707. The molecule has 2 heterocycles. The molecule has 9 nitrogen and oxygen atoms in total. The van der Waals surface area contributed by atoms with Crippen molar-refractivity contribution in [1.82, 2.24) is 20.8 Å². The quantitative estimate of drug-likeness (QED) is 0.638. The van der Waals surface area contributed by atoms with Gasteiger partial charge in [0.05, 0.1) is 24.6 Å². The van der Waals surface area contributed by atoms with Gasteiger partial charge < -0.3 is 25.6 Å². The number of benzene rings is 1. The molecule has 0 saturated carbocycles. The standard InChI is InChI=1S/C19H23N5O3.H2O/c1-26-15-4-2-13(3-5-15)10-17-18(7-9-21-17)27-19(25)22-8-6-16-14(11-20)12-23-24-16;/h2-5,12,17-18,21H,6-10H2,1H3,(H,22,25)(H,23,24);1H2. The molecule has 1 aromatic carbocycles. The first kappa shape index (κ1) is 21.2. The number of carbonyl (C=O) groups is 1. The molecule has 1 aliphatic rings. The van der Waals surface area contributed by atoms with Crippen LogP contribution in [0.25, 0.3) is 0 Å². The number of hydrogen-bond acceptors (Lipinski definition) is 6. The summed E-state index contributed by atoms with van der Waals surface area (Å²) in [6.45, 7) is 1.19. The molecular formula is C19H25N5O4. The molecule has 1 aromatic heterocycles. The Morgan fingerprint density at radius 3 is 2.89 bits per heavy atom. The monoisotopic (exact) mass is 387 g/mol. The van der Waals surface area contributed by atoms with Crippen LogP contribution >= 0.6 is 0 Å². The lowest BCUT2D eigenvalue weighted by molar-refractivity contribution is 0.0901. The van der Waals surface area contributed by atoms with E-state index in [9.17, 15) is 4.79 Å². The third kappa shape index (κ3) is 5.45. The summed E-state index contributed by atoms with van der Waals surface area (Å²) in [4.78, 5) is 12.1. The number of carbonyl (C=O) groups excluding carboxylic acids is 1. The topological polar surface area (TPSA) is 144 Å². The second kappa shape index (κ2) is 10.3. The maximum absolute atomic E-state index is 12.1. The normalized spacial score (nSPS) is 18.0. The highest BCUT2D eigenvalue weighted by Gasteiger charge is 2.30. The Hall–Kier alpha value is -3.09. The van der Waals surface area contributed by atoms with E-state index in [1.165, 1.54) is 6.20 Å². The molecule has 5 N–H and O–H groups in total. The van der Waals surface area contributed by atoms with Gasteiger partial charge in [0.25, 0.3) is 0 Å². The van der Waals surface area contributed by atoms with Crippen molar-refractivity contribution in [2.45, 2.75) is 31.4 Å². The van der Waals surface area contributed by atoms with E-state index >= 15 is 0 Å². The largest absolute Gasteiger partial charge is 0.497 e. The van der Waals surface area contributed by atoms with Crippen molar-refractivity contribution < 1.29 is 19.7 Å². The Labute approximate surface area is 163 Å². The molecule has 1 amide bonds. The number of alkyl carbamates (subject to hydrolysis) is 1. The summed E-state index contributed by atoms with van der Waals surface area (Å²) >= 11 is 0. The average molecular weight is 387 g/mol. The Kier molecular flexibility index (Phi) is 7.80. The maximum atomic E-state index is 12.1. The minimum absolute atomic E-state index is 0. The zero-order chi connectivity index (χ0) is 19.1. The Bertz CT molecular complexity index is 799. The summed E-state index contributed by atoms with van der Waals surface area (Å²) in [5, 5.41) is 21.7. The van der Waals surface area contributed by atoms with Crippen molar-refractivity contribution in [2.24, 2.45) is 0 Å². The molecule has 1 saturated heterocycles. The zero-order valence-electron chi connectivity index (χ0n) is 15.7. The van der Waals surface area contributed by atoms with Crippen LogP contribution in [0.3, 0.4) is 0 Å². The van der Waals surface area contributed by atoms with E-state index in [-0.39, 0.29) is 17.6 Å². The van der Waals surface area contributed by atoms with Crippen molar-refractivity contribution in [3.63, 3.8) is 0 Å².